The molecule has 0 radical (unpaired) electrons. The lowest BCUT2D eigenvalue weighted by atomic mass is 10.0. The first kappa shape index (κ1) is 16.2. The molecule has 0 spiro atoms. The van der Waals surface area contributed by atoms with Gasteiger partial charge < -0.3 is 14.8 Å². The van der Waals surface area contributed by atoms with E-state index in [1.807, 2.05) is 23.1 Å². The summed E-state index contributed by atoms with van der Waals surface area (Å²) in [6, 6.07) is 18.9. The Kier molecular flexibility index (Phi) is 4.31. The Bertz CT molecular complexity index is 1000. The van der Waals surface area contributed by atoms with Gasteiger partial charge in [0.2, 0.25) is 0 Å². The number of nitrogens with one attached hydrogen (secondary N) is 2. The summed E-state index contributed by atoms with van der Waals surface area (Å²) in [5.74, 6) is 0. The van der Waals surface area contributed by atoms with Crippen LogP contribution in [0.25, 0.3) is 11.1 Å². The summed E-state index contributed by atoms with van der Waals surface area (Å²) in [6.07, 6.45) is 1.49. The Morgan fingerprint density at radius 2 is 1.46 bits per heavy atom. The molecule has 1 aromatic heterocycles. The van der Waals surface area contributed by atoms with Gasteiger partial charge in [0.25, 0.3) is 5.56 Å². The predicted molar refractivity (Wildman–Crippen MR) is 104 cm³/mol. The third-order valence-electron chi connectivity index (χ3n) is 4.74. The Hall–Kier alpha value is -3.28. The van der Waals surface area contributed by atoms with Crippen molar-refractivity contribution in [3.63, 3.8) is 0 Å². The zero-order valence-electron chi connectivity index (χ0n) is 14.3. The Balaban J connectivity index is 1.50. The minimum Gasteiger partial charge on any atom is -0.368 e. The molecule has 26 heavy (non-hydrogen) atoms. The van der Waals surface area contributed by atoms with E-state index in [9.17, 15) is 9.59 Å². The largest absolute Gasteiger partial charge is 0.368 e. The van der Waals surface area contributed by atoms with Crippen molar-refractivity contribution < 1.29 is 0 Å². The molecule has 6 heteroatoms. The molecule has 1 aliphatic rings. The summed E-state index contributed by atoms with van der Waals surface area (Å²) in [5, 5.41) is 0. The summed E-state index contributed by atoms with van der Waals surface area (Å²) >= 11 is 0. The molecule has 2 N–H and O–H groups in total. The summed E-state index contributed by atoms with van der Waals surface area (Å²) in [4.78, 5) is 32.3. The van der Waals surface area contributed by atoms with Gasteiger partial charge in [0, 0.05) is 38.1 Å². The molecule has 1 aliphatic heterocycles. The topological polar surface area (TPSA) is 72.2 Å². The average molecular weight is 348 g/mol. The number of piperazine rings is 1. The van der Waals surface area contributed by atoms with Crippen LogP contribution in [0.3, 0.4) is 0 Å². The number of hydrogen-bond acceptors (Lipinski definition) is 4. The molecule has 0 atom stereocenters. The van der Waals surface area contributed by atoms with Crippen molar-refractivity contribution in [3.8, 4) is 11.1 Å². The lowest BCUT2D eigenvalue weighted by molar-refractivity contribution is 0.649. The van der Waals surface area contributed by atoms with Gasteiger partial charge in [-0.15, -0.1) is 0 Å². The molecule has 1 fully saturated rings. The molecule has 6 nitrogen and oxygen atoms in total. The van der Waals surface area contributed by atoms with Crippen molar-refractivity contribution in [2.75, 3.05) is 36.0 Å². The summed E-state index contributed by atoms with van der Waals surface area (Å²) in [7, 11) is 0. The van der Waals surface area contributed by atoms with Gasteiger partial charge in [-0.3, -0.25) is 9.78 Å². The van der Waals surface area contributed by atoms with E-state index in [2.05, 4.69) is 51.3 Å². The van der Waals surface area contributed by atoms with E-state index in [4.69, 9.17) is 0 Å². The molecule has 0 saturated carbocycles. The van der Waals surface area contributed by atoms with Crippen LogP contribution >= 0.6 is 0 Å². The summed E-state index contributed by atoms with van der Waals surface area (Å²) in [5.41, 5.74) is 3.28. The van der Waals surface area contributed by atoms with Crippen LogP contribution in [0, 0.1) is 0 Å². The zero-order chi connectivity index (χ0) is 17.9. The van der Waals surface area contributed by atoms with Gasteiger partial charge in [-0.1, -0.05) is 42.5 Å². The monoisotopic (exact) mass is 348 g/mol. The van der Waals surface area contributed by atoms with Crippen molar-refractivity contribution in [2.24, 2.45) is 0 Å². The van der Waals surface area contributed by atoms with Crippen molar-refractivity contribution in [3.05, 3.63) is 81.6 Å². The highest BCUT2D eigenvalue weighted by molar-refractivity contribution is 5.68. The number of rotatable bonds is 3. The zero-order valence-corrected chi connectivity index (χ0v) is 14.3. The van der Waals surface area contributed by atoms with Crippen LogP contribution in [-0.4, -0.2) is 36.1 Å². The highest BCUT2D eigenvalue weighted by Gasteiger charge is 2.19. The first-order valence-corrected chi connectivity index (χ1v) is 8.68. The molecule has 0 unspecified atom stereocenters. The van der Waals surface area contributed by atoms with E-state index in [0.717, 1.165) is 26.2 Å². The standard InChI is InChI=1S/C20H20N4O2/c25-19-18(14-21-20(26)22-19)24-11-9-23(10-12-24)17-8-4-7-16(13-17)15-5-2-1-3-6-15/h1-8,13-14H,9-12H2,(H2,21,22,25,26). The predicted octanol–water partition coefficient (Wildman–Crippen LogP) is 2.06. The maximum absolute atomic E-state index is 12.0. The maximum Gasteiger partial charge on any atom is 0.325 e. The van der Waals surface area contributed by atoms with Crippen molar-refractivity contribution in [1.82, 2.24) is 9.97 Å². The van der Waals surface area contributed by atoms with Crippen molar-refractivity contribution in [1.29, 1.82) is 0 Å². The maximum atomic E-state index is 12.0. The smallest absolute Gasteiger partial charge is 0.325 e. The second-order valence-electron chi connectivity index (χ2n) is 6.35. The first-order chi connectivity index (χ1) is 12.7. The normalized spacial score (nSPS) is 14.5. The Labute approximate surface area is 150 Å². The second kappa shape index (κ2) is 6.92. The highest BCUT2D eigenvalue weighted by atomic mass is 16.2. The third-order valence-corrected chi connectivity index (χ3v) is 4.74. The lowest BCUT2D eigenvalue weighted by Gasteiger charge is -2.36. The number of nitrogens with zero attached hydrogens (tertiary/aromatic N) is 2. The minimum absolute atomic E-state index is 0.340. The van der Waals surface area contributed by atoms with Crippen LogP contribution in [0.1, 0.15) is 0 Å². The van der Waals surface area contributed by atoms with Crippen LogP contribution in [0.15, 0.2) is 70.4 Å². The lowest BCUT2D eigenvalue weighted by Crippen LogP contribution is -2.48. The summed E-state index contributed by atoms with van der Waals surface area (Å²) < 4.78 is 0. The third kappa shape index (κ3) is 3.26. The van der Waals surface area contributed by atoms with Gasteiger partial charge in [-0.25, -0.2) is 4.79 Å². The molecule has 1 saturated heterocycles. The quantitative estimate of drug-likeness (QED) is 0.760. The average Bonchev–Trinajstić information content (AvgIpc) is 2.69. The van der Waals surface area contributed by atoms with Gasteiger partial charge >= 0.3 is 5.69 Å². The molecule has 4 rings (SSSR count). The number of anilines is 2. The fraction of sp³-hybridized carbons (Fsp3) is 0.200. The molecular formula is C20H20N4O2. The van der Waals surface area contributed by atoms with E-state index in [0.29, 0.717) is 5.69 Å². The molecule has 2 aromatic carbocycles. The molecule has 3 aromatic rings. The first-order valence-electron chi connectivity index (χ1n) is 8.68. The number of hydrogen-bond donors (Lipinski definition) is 2. The van der Waals surface area contributed by atoms with E-state index < -0.39 is 5.69 Å². The van der Waals surface area contributed by atoms with Gasteiger partial charge in [0.15, 0.2) is 0 Å². The highest BCUT2D eigenvalue weighted by Crippen LogP contribution is 2.25. The number of benzene rings is 2. The molecule has 2 heterocycles. The van der Waals surface area contributed by atoms with Crippen LogP contribution in [0.5, 0.6) is 0 Å². The second-order valence-corrected chi connectivity index (χ2v) is 6.35. The molecule has 132 valence electrons. The molecule has 0 aliphatic carbocycles. The number of H-pyrrole nitrogens is 2. The van der Waals surface area contributed by atoms with Gasteiger partial charge in [0.1, 0.15) is 5.69 Å². The number of aromatic nitrogens is 2. The van der Waals surface area contributed by atoms with E-state index in [1.54, 1.807) is 0 Å². The van der Waals surface area contributed by atoms with Gasteiger partial charge in [0.05, 0.1) is 0 Å². The molecule has 0 amide bonds. The fourth-order valence-corrected chi connectivity index (χ4v) is 3.36. The summed E-state index contributed by atoms with van der Waals surface area (Å²) in [6.45, 7) is 3.09. The minimum atomic E-state index is -0.477. The Morgan fingerprint density at radius 1 is 0.769 bits per heavy atom. The number of aromatic amines is 2. The van der Waals surface area contributed by atoms with Crippen molar-refractivity contribution >= 4 is 11.4 Å². The SMILES string of the molecule is O=c1[nH]cc(N2CCN(c3cccc(-c4ccccc4)c3)CC2)c(=O)[nH]1. The van der Waals surface area contributed by atoms with Crippen molar-refractivity contribution in [2.45, 2.75) is 0 Å². The molecular weight excluding hydrogens is 328 g/mol. The van der Waals surface area contributed by atoms with Crippen LogP contribution in [0.4, 0.5) is 11.4 Å². The van der Waals surface area contributed by atoms with E-state index >= 15 is 0 Å². The van der Waals surface area contributed by atoms with E-state index in [-0.39, 0.29) is 5.56 Å². The van der Waals surface area contributed by atoms with Crippen LogP contribution < -0.4 is 21.0 Å². The van der Waals surface area contributed by atoms with Gasteiger partial charge in [-0.2, -0.15) is 0 Å². The van der Waals surface area contributed by atoms with Crippen LogP contribution in [-0.2, 0) is 0 Å². The Morgan fingerprint density at radius 3 is 2.19 bits per heavy atom. The van der Waals surface area contributed by atoms with Crippen LogP contribution in [0.2, 0.25) is 0 Å². The molecule has 0 bridgehead atoms. The van der Waals surface area contributed by atoms with Gasteiger partial charge in [-0.05, 0) is 23.3 Å². The van der Waals surface area contributed by atoms with E-state index in [1.165, 1.54) is 23.0 Å². The fourth-order valence-electron chi connectivity index (χ4n) is 3.36.